The minimum Gasteiger partial charge on any atom is -0.262 e. The van der Waals surface area contributed by atoms with Crippen molar-refractivity contribution in [1.82, 2.24) is 14.5 Å². The second-order valence-corrected chi connectivity index (χ2v) is 6.57. The minimum atomic E-state index is -3.49. The van der Waals surface area contributed by atoms with Gasteiger partial charge in [0.05, 0.1) is 6.20 Å². The number of nitrogens with one attached hydrogen (secondary N) is 2. The molecule has 0 aliphatic heterocycles. The number of rotatable bonds is 4. The number of nitrogens with zero attached hydrogens (tertiary/aromatic N) is 2. The fourth-order valence-electron chi connectivity index (χ4n) is 2.29. The van der Waals surface area contributed by atoms with Crippen LogP contribution in [0.2, 0.25) is 0 Å². The number of aromatic nitrogens is 2. The van der Waals surface area contributed by atoms with Crippen molar-refractivity contribution in [3.63, 3.8) is 0 Å². The lowest BCUT2D eigenvalue weighted by molar-refractivity contribution is 0.287. The predicted molar refractivity (Wildman–Crippen MR) is 70.5 cm³/mol. The Balaban J connectivity index is 2.08. The van der Waals surface area contributed by atoms with Crippen molar-refractivity contribution in [2.24, 2.45) is 0 Å². The lowest BCUT2D eigenvalue weighted by Gasteiger charge is -2.30. The van der Waals surface area contributed by atoms with E-state index in [9.17, 15) is 8.42 Å². The van der Waals surface area contributed by atoms with Crippen LogP contribution in [0.4, 0.5) is 5.82 Å². The first kappa shape index (κ1) is 13.4. The largest absolute Gasteiger partial charge is 0.302 e. The second kappa shape index (κ2) is 5.27. The van der Waals surface area contributed by atoms with E-state index in [2.05, 4.69) is 14.9 Å². The highest BCUT2D eigenvalue weighted by molar-refractivity contribution is 7.90. The molecule has 0 unspecified atom stereocenters. The summed E-state index contributed by atoms with van der Waals surface area (Å²) in [5.41, 5.74) is 0.788. The van der Waals surface area contributed by atoms with Crippen LogP contribution < -0.4 is 4.72 Å². The number of hydrogen-bond donors (Lipinski definition) is 2. The Kier molecular flexibility index (Phi) is 3.91. The van der Waals surface area contributed by atoms with Gasteiger partial charge in [-0.3, -0.25) is 9.82 Å². The van der Waals surface area contributed by atoms with E-state index < -0.39 is 10.2 Å². The lowest BCUT2D eigenvalue weighted by atomic mass is 9.96. The van der Waals surface area contributed by atoms with Gasteiger partial charge in [-0.1, -0.05) is 19.3 Å². The van der Waals surface area contributed by atoms with Gasteiger partial charge in [-0.25, -0.2) is 0 Å². The topological polar surface area (TPSA) is 78.1 Å². The fraction of sp³-hybridized carbons (Fsp3) is 0.727. The molecule has 0 bridgehead atoms. The van der Waals surface area contributed by atoms with Crippen LogP contribution in [0.25, 0.3) is 0 Å². The standard InChI is InChI=1S/C11H20N4O2S/c1-9-8-12-13-11(9)14-18(16,17)15(2)10-6-4-3-5-7-10/h8,10H,3-7H2,1-2H3,(H2,12,13,14). The van der Waals surface area contributed by atoms with Gasteiger partial charge >= 0.3 is 10.2 Å². The number of aryl methyl sites for hydroxylation is 1. The van der Waals surface area contributed by atoms with Crippen LogP contribution in [0.15, 0.2) is 6.20 Å². The fourth-order valence-corrected chi connectivity index (χ4v) is 3.50. The van der Waals surface area contributed by atoms with E-state index in [1.54, 1.807) is 13.2 Å². The summed E-state index contributed by atoms with van der Waals surface area (Å²) >= 11 is 0. The third-order valence-electron chi connectivity index (χ3n) is 3.53. The van der Waals surface area contributed by atoms with Crippen molar-refractivity contribution in [2.45, 2.75) is 45.1 Å². The third-order valence-corrected chi connectivity index (χ3v) is 5.05. The molecule has 1 aliphatic carbocycles. The Morgan fingerprint density at radius 1 is 1.39 bits per heavy atom. The molecule has 18 heavy (non-hydrogen) atoms. The summed E-state index contributed by atoms with van der Waals surface area (Å²) in [5.74, 6) is 0.442. The molecule has 2 rings (SSSR count). The average Bonchev–Trinajstić information content (AvgIpc) is 2.74. The van der Waals surface area contributed by atoms with Crippen LogP contribution in [0, 0.1) is 6.92 Å². The maximum Gasteiger partial charge on any atom is 0.302 e. The van der Waals surface area contributed by atoms with Gasteiger partial charge in [0, 0.05) is 18.7 Å². The van der Waals surface area contributed by atoms with Crippen LogP contribution in [0.5, 0.6) is 0 Å². The molecule has 7 heteroatoms. The zero-order valence-corrected chi connectivity index (χ0v) is 11.6. The molecule has 1 aromatic heterocycles. The number of H-pyrrole nitrogens is 1. The van der Waals surface area contributed by atoms with Crippen molar-refractivity contribution in [3.05, 3.63) is 11.8 Å². The summed E-state index contributed by atoms with van der Waals surface area (Å²) in [6, 6.07) is 0.111. The van der Waals surface area contributed by atoms with Crippen LogP contribution in [-0.2, 0) is 10.2 Å². The first-order chi connectivity index (χ1) is 8.50. The highest BCUT2D eigenvalue weighted by atomic mass is 32.2. The summed E-state index contributed by atoms with van der Waals surface area (Å²) in [5, 5.41) is 6.46. The van der Waals surface area contributed by atoms with Gasteiger partial charge in [0.2, 0.25) is 0 Å². The van der Waals surface area contributed by atoms with Crippen LogP contribution in [0.3, 0.4) is 0 Å². The van der Waals surface area contributed by atoms with E-state index in [0.717, 1.165) is 31.2 Å². The van der Waals surface area contributed by atoms with Crippen molar-refractivity contribution in [1.29, 1.82) is 0 Å². The smallest absolute Gasteiger partial charge is 0.262 e. The van der Waals surface area contributed by atoms with E-state index in [1.807, 2.05) is 6.92 Å². The molecule has 2 N–H and O–H groups in total. The molecule has 0 saturated heterocycles. The molecule has 1 fully saturated rings. The zero-order chi connectivity index (χ0) is 13.2. The van der Waals surface area contributed by atoms with E-state index in [4.69, 9.17) is 0 Å². The summed E-state index contributed by atoms with van der Waals surface area (Å²) in [7, 11) is -1.85. The van der Waals surface area contributed by atoms with Gasteiger partial charge in [0.25, 0.3) is 0 Å². The first-order valence-electron chi connectivity index (χ1n) is 6.26. The van der Waals surface area contributed by atoms with Gasteiger partial charge in [0.1, 0.15) is 5.82 Å². The second-order valence-electron chi connectivity index (χ2n) is 4.84. The van der Waals surface area contributed by atoms with Gasteiger partial charge in [-0.15, -0.1) is 0 Å². The zero-order valence-electron chi connectivity index (χ0n) is 10.8. The van der Waals surface area contributed by atoms with Gasteiger partial charge < -0.3 is 0 Å². The Bertz CT molecular complexity index is 491. The normalized spacial score (nSPS) is 18.2. The van der Waals surface area contributed by atoms with Crippen LogP contribution in [-0.4, -0.2) is 36.0 Å². The molecule has 1 heterocycles. The number of anilines is 1. The molecule has 1 aliphatic rings. The highest BCUT2D eigenvalue weighted by Gasteiger charge is 2.28. The maximum absolute atomic E-state index is 12.2. The summed E-state index contributed by atoms with van der Waals surface area (Å²) < 4.78 is 28.4. The quantitative estimate of drug-likeness (QED) is 0.874. The molecule has 0 amide bonds. The molecule has 0 atom stereocenters. The summed E-state index contributed by atoms with van der Waals surface area (Å²) in [6.45, 7) is 1.81. The monoisotopic (exact) mass is 272 g/mol. The SMILES string of the molecule is Cc1cn[nH]c1NS(=O)(=O)N(C)C1CCCCC1. The Morgan fingerprint density at radius 2 is 2.06 bits per heavy atom. The van der Waals surface area contributed by atoms with Crippen molar-refractivity contribution < 1.29 is 8.42 Å². The molecule has 1 aromatic rings. The third kappa shape index (κ3) is 2.84. The van der Waals surface area contributed by atoms with E-state index >= 15 is 0 Å². The van der Waals surface area contributed by atoms with E-state index in [-0.39, 0.29) is 6.04 Å². The molecule has 0 radical (unpaired) electrons. The van der Waals surface area contributed by atoms with Crippen molar-refractivity contribution in [3.8, 4) is 0 Å². The molecular weight excluding hydrogens is 252 g/mol. The number of aromatic amines is 1. The lowest BCUT2D eigenvalue weighted by Crippen LogP contribution is -2.41. The highest BCUT2D eigenvalue weighted by Crippen LogP contribution is 2.24. The molecule has 6 nitrogen and oxygen atoms in total. The van der Waals surface area contributed by atoms with Gasteiger partial charge in [-0.2, -0.15) is 17.8 Å². The molecule has 0 aromatic carbocycles. The predicted octanol–water partition coefficient (Wildman–Crippen LogP) is 1.64. The van der Waals surface area contributed by atoms with E-state index in [1.165, 1.54) is 10.7 Å². The number of hydrogen-bond acceptors (Lipinski definition) is 3. The molecule has 0 spiro atoms. The van der Waals surface area contributed by atoms with Gasteiger partial charge in [0.15, 0.2) is 0 Å². The van der Waals surface area contributed by atoms with Crippen LogP contribution in [0.1, 0.15) is 37.7 Å². The average molecular weight is 272 g/mol. The maximum atomic E-state index is 12.2. The first-order valence-corrected chi connectivity index (χ1v) is 7.70. The Labute approximate surface area is 108 Å². The van der Waals surface area contributed by atoms with E-state index in [0.29, 0.717) is 5.82 Å². The Morgan fingerprint density at radius 3 is 2.61 bits per heavy atom. The summed E-state index contributed by atoms with van der Waals surface area (Å²) in [6.07, 6.45) is 6.90. The minimum absolute atomic E-state index is 0.111. The van der Waals surface area contributed by atoms with Crippen molar-refractivity contribution in [2.75, 3.05) is 11.8 Å². The van der Waals surface area contributed by atoms with Gasteiger partial charge in [-0.05, 0) is 19.8 Å². The van der Waals surface area contributed by atoms with Crippen molar-refractivity contribution >= 4 is 16.0 Å². The Hall–Kier alpha value is -1.08. The molecule has 102 valence electrons. The summed E-state index contributed by atoms with van der Waals surface area (Å²) in [4.78, 5) is 0. The molecular formula is C11H20N4O2S. The molecule has 1 saturated carbocycles. The van der Waals surface area contributed by atoms with Crippen LogP contribution >= 0.6 is 0 Å².